The zero-order valence-electron chi connectivity index (χ0n) is 11.4. The molecule has 0 heterocycles. The zero-order chi connectivity index (χ0) is 15.2. The molecule has 0 N–H and O–H groups in total. The van der Waals surface area contributed by atoms with Crippen molar-refractivity contribution in [3.8, 4) is 0 Å². The Hall–Kier alpha value is -2.95. The second-order valence-electron chi connectivity index (χ2n) is 4.26. The molecule has 0 aliphatic rings. The van der Waals surface area contributed by atoms with E-state index in [9.17, 15) is 14.9 Å². The molecule has 21 heavy (non-hydrogen) atoms. The Kier molecular flexibility index (Phi) is 4.46. The summed E-state index contributed by atoms with van der Waals surface area (Å²) in [5.74, 6) is -0.404. The molecule has 0 aliphatic carbocycles. The summed E-state index contributed by atoms with van der Waals surface area (Å²) >= 11 is 0. The first kappa shape index (κ1) is 14.5. The lowest BCUT2D eigenvalue weighted by Crippen LogP contribution is -2.02. The molecular formula is C16H13NO4. The van der Waals surface area contributed by atoms with Crippen molar-refractivity contribution in [1.82, 2.24) is 0 Å². The number of methoxy groups -OCH3 is 1. The second-order valence-corrected chi connectivity index (χ2v) is 4.26. The number of non-ortho nitro benzene ring substituents is 1. The smallest absolute Gasteiger partial charge is 0.338 e. The van der Waals surface area contributed by atoms with Gasteiger partial charge in [0.25, 0.3) is 5.69 Å². The summed E-state index contributed by atoms with van der Waals surface area (Å²) in [6.45, 7) is 0. The molecule has 0 fully saturated rings. The van der Waals surface area contributed by atoms with Gasteiger partial charge in [0.2, 0.25) is 0 Å². The van der Waals surface area contributed by atoms with Gasteiger partial charge in [0, 0.05) is 12.1 Å². The van der Waals surface area contributed by atoms with Crippen LogP contribution in [-0.2, 0) is 4.74 Å². The number of nitro benzene ring substituents is 1. The van der Waals surface area contributed by atoms with Crippen LogP contribution in [0.25, 0.3) is 12.2 Å². The number of benzene rings is 2. The van der Waals surface area contributed by atoms with Gasteiger partial charge in [-0.3, -0.25) is 10.1 Å². The first-order chi connectivity index (χ1) is 10.1. The second kappa shape index (κ2) is 6.47. The first-order valence-corrected chi connectivity index (χ1v) is 6.21. The molecule has 5 nitrogen and oxygen atoms in total. The highest BCUT2D eigenvalue weighted by Crippen LogP contribution is 2.16. The minimum Gasteiger partial charge on any atom is -0.465 e. The molecule has 2 aromatic rings. The van der Waals surface area contributed by atoms with Gasteiger partial charge in [-0.1, -0.05) is 30.4 Å². The van der Waals surface area contributed by atoms with Crippen molar-refractivity contribution in [2.45, 2.75) is 0 Å². The largest absolute Gasteiger partial charge is 0.465 e. The van der Waals surface area contributed by atoms with Crippen LogP contribution in [0.3, 0.4) is 0 Å². The van der Waals surface area contributed by atoms with E-state index in [0.717, 1.165) is 11.1 Å². The highest BCUT2D eigenvalue weighted by molar-refractivity contribution is 5.94. The molecule has 0 bridgehead atoms. The minimum absolute atomic E-state index is 0.0436. The molecule has 0 atom stereocenters. The average molecular weight is 283 g/mol. The van der Waals surface area contributed by atoms with Crippen molar-refractivity contribution in [2.75, 3.05) is 7.11 Å². The average Bonchev–Trinajstić information content (AvgIpc) is 2.52. The van der Waals surface area contributed by atoms with Crippen molar-refractivity contribution in [2.24, 2.45) is 0 Å². The molecule has 0 aromatic heterocycles. The van der Waals surface area contributed by atoms with Crippen LogP contribution in [0.5, 0.6) is 0 Å². The maximum absolute atomic E-state index is 11.6. The van der Waals surface area contributed by atoms with Crippen molar-refractivity contribution in [3.05, 3.63) is 75.3 Å². The summed E-state index contributed by atoms with van der Waals surface area (Å²) in [4.78, 5) is 21.8. The predicted molar refractivity (Wildman–Crippen MR) is 79.8 cm³/mol. The van der Waals surface area contributed by atoms with Crippen LogP contribution in [0, 0.1) is 10.1 Å². The SMILES string of the molecule is COC(=O)c1ccccc1/C=C/c1ccc([N+](=O)[O-])cc1. The number of hydrogen-bond donors (Lipinski definition) is 0. The summed E-state index contributed by atoms with van der Waals surface area (Å²) in [5.41, 5.74) is 2.04. The third-order valence-corrected chi connectivity index (χ3v) is 2.93. The van der Waals surface area contributed by atoms with Crippen LogP contribution >= 0.6 is 0 Å². The molecule has 0 amide bonds. The molecular weight excluding hydrogens is 270 g/mol. The topological polar surface area (TPSA) is 69.4 Å². The Labute approximate surface area is 121 Å². The zero-order valence-corrected chi connectivity index (χ0v) is 11.4. The lowest BCUT2D eigenvalue weighted by atomic mass is 10.1. The molecule has 2 aromatic carbocycles. The van der Waals surface area contributed by atoms with E-state index in [4.69, 9.17) is 4.74 Å². The first-order valence-electron chi connectivity index (χ1n) is 6.21. The predicted octanol–water partition coefficient (Wildman–Crippen LogP) is 3.55. The van der Waals surface area contributed by atoms with Crippen molar-refractivity contribution in [3.63, 3.8) is 0 Å². The molecule has 106 valence electrons. The van der Waals surface area contributed by atoms with Gasteiger partial charge in [0.1, 0.15) is 0 Å². The van der Waals surface area contributed by atoms with E-state index in [1.807, 2.05) is 6.07 Å². The van der Waals surface area contributed by atoms with Gasteiger partial charge in [-0.05, 0) is 29.3 Å². The number of nitro groups is 1. The van der Waals surface area contributed by atoms with E-state index < -0.39 is 10.9 Å². The monoisotopic (exact) mass is 283 g/mol. The summed E-state index contributed by atoms with van der Waals surface area (Å²) in [6, 6.07) is 13.2. The number of ether oxygens (including phenoxy) is 1. The molecule has 0 saturated heterocycles. The third kappa shape index (κ3) is 3.54. The van der Waals surface area contributed by atoms with Gasteiger partial charge in [-0.15, -0.1) is 0 Å². The van der Waals surface area contributed by atoms with Crippen LogP contribution in [-0.4, -0.2) is 18.0 Å². The van der Waals surface area contributed by atoms with E-state index >= 15 is 0 Å². The van der Waals surface area contributed by atoms with E-state index in [2.05, 4.69) is 0 Å². The number of carbonyl (C=O) groups excluding carboxylic acids is 1. The number of nitrogens with zero attached hydrogens (tertiary/aromatic N) is 1. The fourth-order valence-corrected chi connectivity index (χ4v) is 1.83. The number of carbonyl (C=O) groups is 1. The van der Waals surface area contributed by atoms with E-state index in [1.54, 1.807) is 42.5 Å². The van der Waals surface area contributed by atoms with E-state index in [0.29, 0.717) is 5.56 Å². The van der Waals surface area contributed by atoms with Crippen LogP contribution in [0.15, 0.2) is 48.5 Å². The Bertz CT molecular complexity index is 690. The summed E-state index contributed by atoms with van der Waals surface area (Å²) in [6.07, 6.45) is 3.55. The van der Waals surface area contributed by atoms with Gasteiger partial charge in [0.15, 0.2) is 0 Å². The van der Waals surface area contributed by atoms with Crippen LogP contribution in [0.2, 0.25) is 0 Å². The minimum atomic E-state index is -0.444. The summed E-state index contributed by atoms with van der Waals surface area (Å²) in [7, 11) is 1.33. The molecule has 0 spiro atoms. The Morgan fingerprint density at radius 3 is 2.38 bits per heavy atom. The summed E-state index contributed by atoms with van der Waals surface area (Å²) < 4.78 is 4.72. The highest BCUT2D eigenvalue weighted by atomic mass is 16.6. The molecule has 0 unspecified atom stereocenters. The number of hydrogen-bond acceptors (Lipinski definition) is 4. The maximum atomic E-state index is 11.6. The highest BCUT2D eigenvalue weighted by Gasteiger charge is 2.08. The van der Waals surface area contributed by atoms with Gasteiger partial charge in [0.05, 0.1) is 17.6 Å². The van der Waals surface area contributed by atoms with Crippen LogP contribution in [0.1, 0.15) is 21.5 Å². The van der Waals surface area contributed by atoms with Gasteiger partial charge < -0.3 is 4.74 Å². The summed E-state index contributed by atoms with van der Waals surface area (Å²) in [5, 5.41) is 10.6. The Morgan fingerprint density at radius 1 is 1.10 bits per heavy atom. The quantitative estimate of drug-likeness (QED) is 0.372. The van der Waals surface area contributed by atoms with Crippen molar-refractivity contribution < 1.29 is 14.5 Å². The van der Waals surface area contributed by atoms with Gasteiger partial charge in [-0.2, -0.15) is 0 Å². The standard InChI is InChI=1S/C16H13NO4/c1-21-16(18)15-5-3-2-4-13(15)9-6-12-7-10-14(11-8-12)17(19)20/h2-11H,1H3/b9-6+. The fraction of sp³-hybridized carbons (Fsp3) is 0.0625. The normalized spacial score (nSPS) is 10.5. The lowest BCUT2D eigenvalue weighted by molar-refractivity contribution is -0.384. The molecule has 2 rings (SSSR count). The third-order valence-electron chi connectivity index (χ3n) is 2.93. The number of rotatable bonds is 4. The Balaban J connectivity index is 2.25. The molecule has 0 saturated carbocycles. The lowest BCUT2D eigenvalue weighted by Gasteiger charge is -2.03. The molecule has 5 heteroatoms. The van der Waals surface area contributed by atoms with E-state index in [1.165, 1.54) is 19.2 Å². The molecule has 0 aliphatic heterocycles. The van der Waals surface area contributed by atoms with Crippen LogP contribution in [0.4, 0.5) is 5.69 Å². The van der Waals surface area contributed by atoms with Crippen LogP contribution < -0.4 is 0 Å². The molecule has 0 radical (unpaired) electrons. The van der Waals surface area contributed by atoms with Crippen molar-refractivity contribution >= 4 is 23.8 Å². The number of esters is 1. The van der Waals surface area contributed by atoms with Gasteiger partial charge in [-0.25, -0.2) is 4.79 Å². The van der Waals surface area contributed by atoms with Crippen molar-refractivity contribution in [1.29, 1.82) is 0 Å². The Morgan fingerprint density at radius 2 is 1.76 bits per heavy atom. The van der Waals surface area contributed by atoms with E-state index in [-0.39, 0.29) is 5.69 Å². The maximum Gasteiger partial charge on any atom is 0.338 e. The fourth-order valence-electron chi connectivity index (χ4n) is 1.83. The van der Waals surface area contributed by atoms with Gasteiger partial charge >= 0.3 is 5.97 Å².